The standard InChI is InChI=1S/C37H38N2O6/c1-2-43-37(42)29-15-18-34-35(22-29)38-20-19-36(34)45-33-16-13-27(14-17-33)21-30(25-40)39(23-28-9-5-3-6-10-28)24-31(41)26-44-32-11-7-4-8-12-32/h3-20,22,30-31,40-41H,2,21,23-26H2,1H3/t30-,31-/m0/s1. The number of pyridine rings is 1. The Labute approximate surface area is 263 Å². The van der Waals surface area contributed by atoms with E-state index in [-0.39, 0.29) is 25.2 Å². The zero-order valence-corrected chi connectivity index (χ0v) is 25.3. The van der Waals surface area contributed by atoms with Crippen molar-refractivity contribution in [3.8, 4) is 17.2 Å². The number of rotatable bonds is 15. The van der Waals surface area contributed by atoms with Crippen LogP contribution in [0.2, 0.25) is 0 Å². The van der Waals surface area contributed by atoms with E-state index < -0.39 is 6.10 Å². The molecule has 0 amide bonds. The van der Waals surface area contributed by atoms with Gasteiger partial charge in [-0.1, -0.05) is 60.7 Å². The van der Waals surface area contributed by atoms with Crippen LogP contribution in [-0.4, -0.2) is 64.6 Å². The Hall–Kier alpha value is -4.76. The number of fused-ring (bicyclic) bond motifs is 1. The maximum absolute atomic E-state index is 12.1. The second kappa shape index (κ2) is 15.8. The van der Waals surface area contributed by atoms with Gasteiger partial charge in [-0.25, -0.2) is 4.79 Å². The second-order valence-corrected chi connectivity index (χ2v) is 10.7. The third-order valence-corrected chi connectivity index (χ3v) is 7.42. The highest BCUT2D eigenvalue weighted by Crippen LogP contribution is 2.30. The summed E-state index contributed by atoms with van der Waals surface area (Å²) in [5.41, 5.74) is 3.19. The first-order chi connectivity index (χ1) is 22.0. The Morgan fingerprint density at radius 3 is 2.31 bits per heavy atom. The maximum atomic E-state index is 12.1. The minimum Gasteiger partial charge on any atom is -0.491 e. The quantitative estimate of drug-likeness (QED) is 0.139. The van der Waals surface area contributed by atoms with Crippen molar-refractivity contribution in [2.75, 3.05) is 26.4 Å². The van der Waals surface area contributed by atoms with Crippen LogP contribution in [-0.2, 0) is 17.7 Å². The van der Waals surface area contributed by atoms with Gasteiger partial charge < -0.3 is 24.4 Å². The van der Waals surface area contributed by atoms with Crippen molar-refractivity contribution in [2.24, 2.45) is 0 Å². The summed E-state index contributed by atoms with van der Waals surface area (Å²) in [4.78, 5) is 18.6. The fraction of sp³-hybridized carbons (Fsp3) is 0.243. The van der Waals surface area contributed by atoms with E-state index in [0.29, 0.717) is 54.4 Å². The van der Waals surface area contributed by atoms with Gasteiger partial charge in [0.05, 0.1) is 24.3 Å². The second-order valence-electron chi connectivity index (χ2n) is 10.7. The molecule has 0 aliphatic rings. The number of ether oxygens (including phenoxy) is 3. The van der Waals surface area contributed by atoms with Crippen molar-refractivity contribution in [2.45, 2.75) is 32.0 Å². The SMILES string of the molecule is CCOC(=O)c1ccc2c(Oc3ccc(C[C@@H](CO)N(Cc4ccccc4)C[C@H](O)COc4ccccc4)cc3)ccnc2c1. The number of para-hydroxylation sites is 1. The lowest BCUT2D eigenvalue weighted by Crippen LogP contribution is -2.44. The summed E-state index contributed by atoms with van der Waals surface area (Å²) in [6.07, 6.45) is 1.47. The third-order valence-electron chi connectivity index (χ3n) is 7.42. The molecule has 0 fully saturated rings. The molecule has 5 rings (SSSR count). The van der Waals surface area contributed by atoms with E-state index in [9.17, 15) is 15.0 Å². The van der Waals surface area contributed by atoms with Gasteiger partial charge in [-0.2, -0.15) is 0 Å². The Morgan fingerprint density at radius 2 is 1.60 bits per heavy atom. The van der Waals surface area contributed by atoms with Gasteiger partial charge in [0.15, 0.2) is 0 Å². The minimum absolute atomic E-state index is 0.0753. The van der Waals surface area contributed by atoms with Crippen LogP contribution in [0, 0.1) is 0 Å². The lowest BCUT2D eigenvalue weighted by molar-refractivity contribution is 0.0335. The molecule has 45 heavy (non-hydrogen) atoms. The number of aliphatic hydroxyl groups excluding tert-OH is 2. The van der Waals surface area contributed by atoms with E-state index in [2.05, 4.69) is 9.88 Å². The summed E-state index contributed by atoms with van der Waals surface area (Å²) in [6, 6.07) is 34.0. The molecule has 0 saturated heterocycles. The topological polar surface area (TPSA) is 101 Å². The van der Waals surface area contributed by atoms with Gasteiger partial charge in [0.25, 0.3) is 0 Å². The lowest BCUT2D eigenvalue weighted by atomic mass is 10.0. The summed E-state index contributed by atoms with van der Waals surface area (Å²) in [5, 5.41) is 22.2. The van der Waals surface area contributed by atoms with Crippen molar-refractivity contribution < 1.29 is 29.2 Å². The van der Waals surface area contributed by atoms with Gasteiger partial charge in [-0.15, -0.1) is 0 Å². The highest BCUT2D eigenvalue weighted by Gasteiger charge is 2.22. The van der Waals surface area contributed by atoms with E-state index in [1.807, 2.05) is 91.0 Å². The molecule has 0 unspecified atom stereocenters. The summed E-state index contributed by atoms with van der Waals surface area (Å²) in [7, 11) is 0. The molecule has 0 bridgehead atoms. The molecule has 0 spiro atoms. The Bertz CT molecular complexity index is 1650. The van der Waals surface area contributed by atoms with E-state index in [0.717, 1.165) is 16.5 Å². The van der Waals surface area contributed by atoms with Crippen LogP contribution < -0.4 is 9.47 Å². The molecular formula is C37H38N2O6. The molecule has 0 aliphatic heterocycles. The molecule has 5 aromatic rings. The highest BCUT2D eigenvalue weighted by atomic mass is 16.5. The monoisotopic (exact) mass is 606 g/mol. The summed E-state index contributed by atoms with van der Waals surface area (Å²) < 4.78 is 17.1. The van der Waals surface area contributed by atoms with Crippen molar-refractivity contribution in [1.29, 1.82) is 0 Å². The van der Waals surface area contributed by atoms with Gasteiger partial charge in [0.2, 0.25) is 0 Å². The van der Waals surface area contributed by atoms with Gasteiger partial charge in [-0.3, -0.25) is 9.88 Å². The van der Waals surface area contributed by atoms with Gasteiger partial charge in [0, 0.05) is 30.7 Å². The molecule has 4 aromatic carbocycles. The smallest absolute Gasteiger partial charge is 0.338 e. The van der Waals surface area contributed by atoms with Crippen LogP contribution >= 0.6 is 0 Å². The van der Waals surface area contributed by atoms with Crippen molar-refractivity contribution in [1.82, 2.24) is 9.88 Å². The van der Waals surface area contributed by atoms with Crippen LogP contribution in [0.15, 0.2) is 115 Å². The fourth-order valence-corrected chi connectivity index (χ4v) is 5.15. The van der Waals surface area contributed by atoms with E-state index in [1.54, 1.807) is 31.3 Å². The molecule has 0 radical (unpaired) electrons. The Balaban J connectivity index is 1.26. The number of carbonyl (C=O) groups excluding carboxylic acids is 1. The summed E-state index contributed by atoms with van der Waals surface area (Å²) in [5.74, 6) is 1.59. The van der Waals surface area contributed by atoms with Crippen molar-refractivity contribution in [3.63, 3.8) is 0 Å². The van der Waals surface area contributed by atoms with Crippen LogP contribution in [0.4, 0.5) is 0 Å². The molecular weight excluding hydrogens is 568 g/mol. The zero-order valence-electron chi connectivity index (χ0n) is 25.3. The lowest BCUT2D eigenvalue weighted by Gasteiger charge is -2.32. The number of aliphatic hydroxyl groups is 2. The molecule has 232 valence electrons. The number of aromatic nitrogens is 1. The van der Waals surface area contributed by atoms with Crippen LogP contribution in [0.3, 0.4) is 0 Å². The minimum atomic E-state index is -0.748. The van der Waals surface area contributed by atoms with Crippen LogP contribution in [0.1, 0.15) is 28.4 Å². The molecule has 0 saturated carbocycles. The van der Waals surface area contributed by atoms with Gasteiger partial charge in [0.1, 0.15) is 30.0 Å². The molecule has 1 heterocycles. The maximum Gasteiger partial charge on any atom is 0.338 e. The van der Waals surface area contributed by atoms with Crippen molar-refractivity contribution in [3.05, 3.63) is 132 Å². The molecule has 1 aromatic heterocycles. The zero-order chi connectivity index (χ0) is 31.4. The third kappa shape index (κ3) is 8.89. The Kier molecular flexibility index (Phi) is 11.1. The number of hydrogen-bond acceptors (Lipinski definition) is 8. The van der Waals surface area contributed by atoms with E-state index >= 15 is 0 Å². The molecule has 0 aliphatic carbocycles. The number of nitrogens with zero attached hydrogens (tertiary/aromatic N) is 2. The van der Waals surface area contributed by atoms with Crippen LogP contribution in [0.25, 0.3) is 10.9 Å². The number of esters is 1. The number of carbonyl (C=O) groups is 1. The van der Waals surface area contributed by atoms with Crippen LogP contribution in [0.5, 0.6) is 17.2 Å². The average Bonchev–Trinajstić information content (AvgIpc) is 3.07. The predicted octanol–water partition coefficient (Wildman–Crippen LogP) is 6.05. The Morgan fingerprint density at radius 1 is 0.867 bits per heavy atom. The first kappa shape index (κ1) is 31.7. The van der Waals surface area contributed by atoms with Crippen molar-refractivity contribution >= 4 is 16.9 Å². The fourth-order valence-electron chi connectivity index (χ4n) is 5.15. The predicted molar refractivity (Wildman–Crippen MR) is 174 cm³/mol. The summed E-state index contributed by atoms with van der Waals surface area (Å²) in [6.45, 7) is 3.05. The molecule has 8 nitrogen and oxygen atoms in total. The first-order valence-corrected chi connectivity index (χ1v) is 15.1. The summed E-state index contributed by atoms with van der Waals surface area (Å²) >= 11 is 0. The largest absolute Gasteiger partial charge is 0.491 e. The van der Waals surface area contributed by atoms with E-state index in [1.165, 1.54) is 0 Å². The number of benzene rings is 4. The molecule has 2 atom stereocenters. The van der Waals surface area contributed by atoms with E-state index in [4.69, 9.17) is 14.2 Å². The average molecular weight is 607 g/mol. The molecule has 2 N–H and O–H groups in total. The molecule has 8 heteroatoms. The highest BCUT2D eigenvalue weighted by molar-refractivity contribution is 5.95. The normalized spacial score (nSPS) is 12.5. The first-order valence-electron chi connectivity index (χ1n) is 15.1. The van der Waals surface area contributed by atoms with Gasteiger partial charge in [-0.05, 0) is 73.0 Å². The number of hydrogen-bond donors (Lipinski definition) is 2. The van der Waals surface area contributed by atoms with Gasteiger partial charge >= 0.3 is 5.97 Å².